The number of ether oxygens (including phenoxy) is 2. The van der Waals surface area contributed by atoms with Gasteiger partial charge >= 0.3 is 11.9 Å². The van der Waals surface area contributed by atoms with E-state index < -0.39 is 11.4 Å². The van der Waals surface area contributed by atoms with Gasteiger partial charge < -0.3 is 9.47 Å². The van der Waals surface area contributed by atoms with Crippen LogP contribution < -0.4 is 4.74 Å². The minimum atomic E-state index is -0.632. The molecule has 142 valence electrons. The van der Waals surface area contributed by atoms with Gasteiger partial charge in [0.25, 0.3) is 0 Å². The fourth-order valence-corrected chi connectivity index (χ4v) is 2.92. The van der Waals surface area contributed by atoms with Crippen LogP contribution in [0, 0.1) is 11.3 Å². The van der Waals surface area contributed by atoms with Crippen LogP contribution in [-0.2, 0) is 9.53 Å². The number of carbonyl (C=O) groups excluding carboxylic acids is 2. The van der Waals surface area contributed by atoms with Crippen LogP contribution in [0.2, 0.25) is 0 Å². The van der Waals surface area contributed by atoms with Crippen LogP contribution in [0.25, 0.3) is 10.8 Å². The molecule has 0 saturated heterocycles. The van der Waals surface area contributed by atoms with E-state index in [2.05, 4.69) is 13.8 Å². The third-order valence-electron chi connectivity index (χ3n) is 3.93. The lowest BCUT2D eigenvalue weighted by atomic mass is 9.84. The van der Waals surface area contributed by atoms with Gasteiger partial charge in [-0.15, -0.1) is 0 Å². The Morgan fingerprint density at radius 1 is 1.04 bits per heavy atom. The lowest BCUT2D eigenvalue weighted by Gasteiger charge is -2.24. The van der Waals surface area contributed by atoms with Gasteiger partial charge in [0, 0.05) is 0 Å². The maximum absolute atomic E-state index is 12.6. The van der Waals surface area contributed by atoms with Crippen molar-refractivity contribution in [1.82, 2.24) is 0 Å². The minimum Gasteiger partial charge on any atom is -0.465 e. The first-order chi connectivity index (χ1) is 12.2. The second-order valence-corrected chi connectivity index (χ2v) is 7.06. The summed E-state index contributed by atoms with van der Waals surface area (Å²) in [6.45, 7) is 11.8. The van der Waals surface area contributed by atoms with Crippen molar-refractivity contribution in [3.05, 3.63) is 42.0 Å². The van der Waals surface area contributed by atoms with E-state index in [0.717, 1.165) is 10.8 Å². The highest BCUT2D eigenvalue weighted by atomic mass is 16.5. The highest BCUT2D eigenvalue weighted by molar-refractivity contribution is 5.99. The Hall–Kier alpha value is -2.36. The summed E-state index contributed by atoms with van der Waals surface area (Å²) in [4.78, 5) is 24.7. The number of fused-ring (bicyclic) bond motifs is 1. The number of rotatable bonds is 5. The molecular formula is C22H30O4. The highest BCUT2D eigenvalue weighted by Crippen LogP contribution is 2.31. The molecule has 2 aromatic carbocycles. The highest BCUT2D eigenvalue weighted by Gasteiger charge is 2.31. The third-order valence-corrected chi connectivity index (χ3v) is 3.93. The molecule has 0 heterocycles. The Labute approximate surface area is 156 Å². The Bertz CT molecular complexity index is 760. The Morgan fingerprint density at radius 3 is 2.08 bits per heavy atom. The molecule has 2 rings (SSSR count). The molecule has 0 radical (unpaired) electrons. The van der Waals surface area contributed by atoms with Crippen molar-refractivity contribution in [2.75, 3.05) is 7.11 Å². The van der Waals surface area contributed by atoms with E-state index in [-0.39, 0.29) is 17.3 Å². The van der Waals surface area contributed by atoms with Crippen molar-refractivity contribution in [2.45, 2.75) is 48.0 Å². The summed E-state index contributed by atoms with van der Waals surface area (Å²) >= 11 is 0. The van der Waals surface area contributed by atoms with Crippen molar-refractivity contribution in [1.29, 1.82) is 0 Å². The predicted octanol–water partition coefficient (Wildman–Crippen LogP) is 5.63. The molecule has 2 aromatic rings. The van der Waals surface area contributed by atoms with Gasteiger partial charge in [-0.3, -0.25) is 4.79 Å². The number of hydrogen-bond donors (Lipinski definition) is 0. The van der Waals surface area contributed by atoms with Crippen molar-refractivity contribution in [3.63, 3.8) is 0 Å². The van der Waals surface area contributed by atoms with Gasteiger partial charge in [-0.2, -0.15) is 0 Å². The average Bonchev–Trinajstić information content (AvgIpc) is 2.61. The summed E-state index contributed by atoms with van der Waals surface area (Å²) in [5.41, 5.74) is -0.377. The van der Waals surface area contributed by atoms with E-state index in [1.165, 1.54) is 7.11 Å². The van der Waals surface area contributed by atoms with Crippen molar-refractivity contribution in [3.8, 4) is 5.75 Å². The molecule has 0 bridgehead atoms. The van der Waals surface area contributed by atoms with Crippen molar-refractivity contribution >= 4 is 22.7 Å². The van der Waals surface area contributed by atoms with Crippen molar-refractivity contribution in [2.24, 2.45) is 11.3 Å². The molecule has 0 aliphatic heterocycles. The van der Waals surface area contributed by atoms with E-state index >= 15 is 0 Å². The predicted molar refractivity (Wildman–Crippen MR) is 106 cm³/mol. The molecule has 0 unspecified atom stereocenters. The van der Waals surface area contributed by atoms with Gasteiger partial charge in [0.15, 0.2) is 0 Å². The number of methoxy groups -OCH3 is 1. The molecular weight excluding hydrogens is 328 g/mol. The van der Waals surface area contributed by atoms with Crippen LogP contribution >= 0.6 is 0 Å². The molecule has 4 nitrogen and oxygen atoms in total. The van der Waals surface area contributed by atoms with E-state index in [1.807, 2.05) is 52.0 Å². The molecule has 0 aromatic heterocycles. The summed E-state index contributed by atoms with van der Waals surface area (Å²) in [6, 6.07) is 11.0. The summed E-state index contributed by atoms with van der Waals surface area (Å²) in [5, 5.41) is 1.79. The zero-order valence-corrected chi connectivity index (χ0v) is 16.9. The molecule has 0 aliphatic carbocycles. The molecule has 0 saturated carbocycles. The monoisotopic (exact) mass is 358 g/mol. The Kier molecular flexibility index (Phi) is 7.81. The van der Waals surface area contributed by atoms with Crippen molar-refractivity contribution < 1.29 is 19.1 Å². The van der Waals surface area contributed by atoms with Gasteiger partial charge in [-0.05, 0) is 49.1 Å². The SMILES string of the molecule is CC.COC(=O)c1cc2ccccc2cc1OC(=O)C(C)(C)CC(C)C. The zero-order valence-electron chi connectivity index (χ0n) is 16.9. The number of hydrogen-bond acceptors (Lipinski definition) is 4. The van der Waals surface area contributed by atoms with Crippen LogP contribution in [0.15, 0.2) is 36.4 Å². The van der Waals surface area contributed by atoms with Crippen LogP contribution in [0.3, 0.4) is 0 Å². The minimum absolute atomic E-state index is 0.238. The Balaban J connectivity index is 0.00000163. The zero-order chi connectivity index (χ0) is 19.9. The summed E-state index contributed by atoms with van der Waals surface area (Å²) in [7, 11) is 1.31. The first-order valence-corrected chi connectivity index (χ1v) is 9.08. The smallest absolute Gasteiger partial charge is 0.341 e. The Morgan fingerprint density at radius 2 is 1.58 bits per heavy atom. The van der Waals surface area contributed by atoms with E-state index in [9.17, 15) is 9.59 Å². The fourth-order valence-electron chi connectivity index (χ4n) is 2.92. The summed E-state index contributed by atoms with van der Waals surface area (Å²) in [5.74, 6) is -0.270. The van der Waals surface area contributed by atoms with Crippen LogP contribution in [0.1, 0.15) is 58.3 Å². The normalized spacial score (nSPS) is 10.9. The lowest BCUT2D eigenvalue weighted by Crippen LogP contribution is -2.31. The largest absolute Gasteiger partial charge is 0.465 e. The van der Waals surface area contributed by atoms with Gasteiger partial charge in [0.05, 0.1) is 12.5 Å². The topological polar surface area (TPSA) is 52.6 Å². The van der Waals surface area contributed by atoms with E-state index in [4.69, 9.17) is 9.47 Å². The second-order valence-electron chi connectivity index (χ2n) is 7.06. The maximum Gasteiger partial charge on any atom is 0.341 e. The molecule has 26 heavy (non-hydrogen) atoms. The lowest BCUT2D eigenvalue weighted by molar-refractivity contribution is -0.144. The molecule has 0 fully saturated rings. The number of esters is 2. The first-order valence-electron chi connectivity index (χ1n) is 9.08. The van der Waals surface area contributed by atoms with Crippen LogP contribution in [0.4, 0.5) is 0 Å². The number of carbonyl (C=O) groups is 2. The molecule has 0 atom stereocenters. The fraction of sp³-hybridized carbons (Fsp3) is 0.455. The molecule has 4 heteroatoms. The van der Waals surface area contributed by atoms with Gasteiger partial charge in [-0.25, -0.2) is 4.79 Å². The molecule has 0 amide bonds. The first kappa shape index (κ1) is 21.7. The van der Waals surface area contributed by atoms with Crippen LogP contribution in [-0.4, -0.2) is 19.0 Å². The summed E-state index contributed by atoms with van der Waals surface area (Å²) < 4.78 is 10.4. The van der Waals surface area contributed by atoms with Gasteiger partial charge in [0.1, 0.15) is 11.3 Å². The standard InChI is InChI=1S/C20H24O4.C2H6/c1-13(2)12-20(3,4)19(22)24-17-11-15-9-7-6-8-14(15)10-16(17)18(21)23-5;1-2/h6-11,13H,12H2,1-5H3;1-2H3. The quantitative estimate of drug-likeness (QED) is 0.513. The van der Waals surface area contributed by atoms with Gasteiger partial charge in [-0.1, -0.05) is 52.0 Å². The average molecular weight is 358 g/mol. The van der Waals surface area contributed by atoms with E-state index in [1.54, 1.807) is 12.1 Å². The molecule has 0 aliphatic rings. The second kappa shape index (κ2) is 9.37. The van der Waals surface area contributed by atoms with Crippen LogP contribution in [0.5, 0.6) is 5.75 Å². The summed E-state index contributed by atoms with van der Waals surface area (Å²) in [6.07, 6.45) is 0.701. The molecule has 0 N–H and O–H groups in total. The third kappa shape index (κ3) is 5.32. The van der Waals surface area contributed by atoms with Gasteiger partial charge in [0.2, 0.25) is 0 Å². The molecule has 0 spiro atoms. The number of benzene rings is 2. The maximum atomic E-state index is 12.6. The van der Waals surface area contributed by atoms with E-state index in [0.29, 0.717) is 12.3 Å².